The number of ether oxygens (including phenoxy) is 4. The fraction of sp³-hybridized carbons (Fsp3) is 0.833. The Morgan fingerprint density at radius 3 is 1.04 bits per heavy atom. The summed E-state index contributed by atoms with van der Waals surface area (Å²) in [5, 5.41) is 30.0. The van der Waals surface area contributed by atoms with E-state index in [9.17, 15) is 46.9 Å². The maximum absolute atomic E-state index is 11.7. The highest BCUT2D eigenvalue weighted by atomic mass is 31.2. The second-order valence-electron chi connectivity index (χ2n) is 9.58. The summed E-state index contributed by atoms with van der Waals surface area (Å²) in [6, 6.07) is 0. The summed E-state index contributed by atoms with van der Waals surface area (Å²) >= 11 is 0. The third-order valence-electron chi connectivity index (χ3n) is 3.79. The lowest BCUT2D eigenvalue weighted by atomic mass is 10.1. The van der Waals surface area contributed by atoms with Crippen LogP contribution >= 0.6 is 38.0 Å². The second-order valence-corrected chi connectivity index (χ2v) is 19.0. The zero-order valence-electron chi connectivity index (χ0n) is 33.3. The van der Waals surface area contributed by atoms with Crippen molar-refractivity contribution in [1.29, 1.82) is 0 Å². The molecule has 0 fully saturated rings. The van der Waals surface area contributed by atoms with E-state index in [1.54, 1.807) is 13.8 Å². The normalized spacial score (nSPS) is 14.5. The van der Waals surface area contributed by atoms with Gasteiger partial charge in [0.05, 0.1) is 0 Å². The Morgan fingerprint density at radius 1 is 0.554 bits per heavy atom. The van der Waals surface area contributed by atoms with Gasteiger partial charge in [-0.15, -0.1) is 0 Å². The van der Waals surface area contributed by atoms with Gasteiger partial charge in [0, 0.05) is 71.2 Å². The monoisotopic (exact) mass is 937 g/mol. The molecule has 0 aromatic carbocycles. The van der Waals surface area contributed by atoms with Crippen LogP contribution in [0.15, 0.2) is 0 Å². The van der Waals surface area contributed by atoms with E-state index in [1.165, 1.54) is 34.4 Å². The molecule has 0 saturated carbocycles. The minimum Gasteiger partial charge on any atom is -0.779 e. The third kappa shape index (κ3) is 81.0. The summed E-state index contributed by atoms with van der Waals surface area (Å²) < 4.78 is 96.7. The van der Waals surface area contributed by atoms with Crippen LogP contribution in [-0.2, 0) is 88.1 Å². The highest BCUT2D eigenvalue weighted by Gasteiger charge is 2.26. The number of rotatable bonds is 18. The number of carbonyl (C=O) groups excluding carboxylic acids is 4. The molecular formula is C24H62O27P5-. The largest absolute Gasteiger partial charge is 0.779 e. The Hall–Kier alpha value is -1.37. The molecule has 0 aliphatic rings. The van der Waals surface area contributed by atoms with E-state index in [4.69, 9.17) is 48.9 Å². The first-order chi connectivity index (χ1) is 25.0. The van der Waals surface area contributed by atoms with Crippen LogP contribution in [0.2, 0.25) is 0 Å². The summed E-state index contributed by atoms with van der Waals surface area (Å²) in [5.41, 5.74) is -1.02. The molecule has 7 N–H and O–H groups in total. The molecular weight excluding hydrogens is 875 g/mol. The molecule has 0 rings (SSSR count). The third-order valence-corrected chi connectivity index (χ3v) is 7.27. The first kappa shape index (κ1) is 69.3. The van der Waals surface area contributed by atoms with Gasteiger partial charge in [-0.1, -0.05) is 0 Å². The minimum atomic E-state index is -3.67. The van der Waals surface area contributed by atoms with Crippen LogP contribution < -0.4 is 4.89 Å². The van der Waals surface area contributed by atoms with Gasteiger partial charge < -0.3 is 68.0 Å². The Kier molecular flexibility index (Phi) is 46.8. The number of carbonyl (C=O) groups is 4. The number of hydrogen-bond acceptors (Lipinski definition) is 24. The maximum Gasteiger partial charge on any atom is 0.332 e. The van der Waals surface area contributed by atoms with Gasteiger partial charge in [-0.05, 0) is 20.8 Å². The van der Waals surface area contributed by atoms with Gasteiger partial charge in [0.25, 0.3) is 0 Å². The molecule has 56 heavy (non-hydrogen) atoms. The predicted octanol–water partition coefficient (Wildman–Crippen LogP) is 0.995. The molecule has 27 nitrogen and oxygen atoms in total. The van der Waals surface area contributed by atoms with E-state index in [2.05, 4.69) is 32.3 Å². The van der Waals surface area contributed by atoms with Crippen molar-refractivity contribution in [2.45, 2.75) is 47.1 Å². The molecule has 32 heteroatoms. The molecule has 0 aromatic rings. The molecule has 0 saturated heterocycles. The zero-order chi connectivity index (χ0) is 46.6. The van der Waals surface area contributed by atoms with Crippen molar-refractivity contribution in [1.82, 2.24) is 0 Å². The Balaban J connectivity index is -0.0000000756. The minimum absolute atomic E-state index is 0. The summed E-state index contributed by atoms with van der Waals surface area (Å²) in [4.78, 5) is 75.5. The van der Waals surface area contributed by atoms with E-state index in [0.29, 0.717) is 0 Å². The fourth-order valence-electron chi connectivity index (χ4n) is 1.27. The van der Waals surface area contributed by atoms with Crippen molar-refractivity contribution in [2.75, 3.05) is 88.3 Å². The average Bonchev–Trinajstić information content (AvgIpc) is 2.97. The molecule has 0 aromatic heterocycles. The van der Waals surface area contributed by atoms with E-state index in [0.717, 1.165) is 40.9 Å². The van der Waals surface area contributed by atoms with Crippen LogP contribution in [0.4, 0.5) is 0 Å². The molecule has 0 heterocycles. The second kappa shape index (κ2) is 37.9. The number of ketones is 1. The van der Waals surface area contributed by atoms with Crippen molar-refractivity contribution in [2.24, 2.45) is 0 Å². The molecule has 4 unspecified atom stereocenters. The van der Waals surface area contributed by atoms with Gasteiger partial charge in [0.2, 0.25) is 20.4 Å². The number of Topliss-reactive ketones (excluding diaryl/α,β-unsaturated/α-hetero) is 1. The standard InChI is InChI=1S/C10H19O7P.C5H11O6P.C4H9O5P.C2H7O4P.CH5O3P.2CH4O.2H2/c1-8(11)10(3,4)15-7-17-18(5,13)16-6-14-9(2)12;1-5(7)9-4-11-12(2,8)10-3-6;1-4(5)8-3-9-10(2,6)7;1-7(4,5)6-2-3;1-5(2,3)4;2*1-2;;/h6-7H2,1-5H3;6H,3-4H2,1-2H3;3H2,1-2H3,(H,6,7);3H,2H2,1H3,(H,4,5);1H3,(H2,2,3,4);2*2H,1H3;2*1H/p-1. The fourth-order valence-corrected chi connectivity index (χ4v) is 2.82. The first-order valence-corrected chi connectivity index (χ1v) is 24.4. The Bertz CT molecular complexity index is 1280. The van der Waals surface area contributed by atoms with Gasteiger partial charge in [-0.2, -0.15) is 0 Å². The van der Waals surface area contributed by atoms with Gasteiger partial charge in [-0.3, -0.25) is 60.1 Å². The van der Waals surface area contributed by atoms with E-state index >= 15 is 0 Å². The van der Waals surface area contributed by atoms with Gasteiger partial charge >= 0.3 is 48.3 Å². The van der Waals surface area contributed by atoms with E-state index in [1.807, 2.05) is 0 Å². The van der Waals surface area contributed by atoms with Crippen LogP contribution in [0.5, 0.6) is 0 Å². The maximum atomic E-state index is 11.7. The van der Waals surface area contributed by atoms with Gasteiger partial charge in [0.1, 0.15) is 20.0 Å². The first-order valence-electron chi connectivity index (χ1n) is 14.3. The summed E-state index contributed by atoms with van der Waals surface area (Å²) in [5.74, 6) is -1.82. The molecule has 0 aliphatic heterocycles. The summed E-state index contributed by atoms with van der Waals surface area (Å²) in [6.07, 6.45) is 0. The number of esters is 3. The van der Waals surface area contributed by atoms with Crippen molar-refractivity contribution in [3.63, 3.8) is 0 Å². The van der Waals surface area contributed by atoms with E-state index < -0.39 is 95.5 Å². The lowest BCUT2D eigenvalue weighted by molar-refractivity contribution is -0.201. The van der Waals surface area contributed by atoms with Crippen molar-refractivity contribution < 1.29 is 131 Å². The molecule has 0 amide bonds. The highest BCUT2D eigenvalue weighted by molar-refractivity contribution is 7.53. The average molecular weight is 938 g/mol. The van der Waals surface area contributed by atoms with Crippen molar-refractivity contribution in [3.8, 4) is 0 Å². The smallest absolute Gasteiger partial charge is 0.332 e. The Labute approximate surface area is 328 Å². The topological polar surface area (TPSA) is 411 Å². The highest BCUT2D eigenvalue weighted by Crippen LogP contribution is 2.44. The Morgan fingerprint density at radius 2 is 0.821 bits per heavy atom. The van der Waals surface area contributed by atoms with Crippen molar-refractivity contribution in [3.05, 3.63) is 0 Å². The number of hydrogen-bond donors (Lipinski definition) is 7. The molecule has 0 aliphatic carbocycles. The van der Waals surface area contributed by atoms with Crippen LogP contribution in [0, 0.1) is 0 Å². The molecule has 4 atom stereocenters. The quantitative estimate of drug-likeness (QED) is 0.0436. The number of aliphatic hydroxyl groups is 4. The molecule has 0 spiro atoms. The number of aliphatic hydroxyl groups excluding tert-OH is 4. The SMILES string of the molecule is CC(=O)OCOP(C)(=O)O.CC(=O)OCOP(C)(=O)OCO.CC(=O)OCOP(C)(=O)OCOC(C)(C)C(C)=O.CO.CO.CP(=O)(O)O.CP(=O)([O-])OCO.[HH].[HH]. The summed E-state index contributed by atoms with van der Waals surface area (Å²) in [6.45, 7) is 10.0. The van der Waals surface area contributed by atoms with Crippen LogP contribution in [0.25, 0.3) is 0 Å². The molecule has 0 radical (unpaired) electrons. The van der Waals surface area contributed by atoms with Crippen LogP contribution in [-0.4, -0.2) is 153 Å². The van der Waals surface area contributed by atoms with E-state index in [-0.39, 0.29) is 15.4 Å². The van der Waals surface area contributed by atoms with Crippen LogP contribution in [0.3, 0.4) is 0 Å². The summed E-state index contributed by atoms with van der Waals surface area (Å²) in [7, 11) is -15.5. The van der Waals surface area contributed by atoms with Gasteiger partial charge in [-0.25, -0.2) is 0 Å². The predicted molar refractivity (Wildman–Crippen MR) is 196 cm³/mol. The molecule has 346 valence electrons. The zero-order valence-corrected chi connectivity index (χ0v) is 37.7. The lowest BCUT2D eigenvalue weighted by Gasteiger charge is -2.22. The lowest BCUT2D eigenvalue weighted by Crippen LogP contribution is -2.33. The van der Waals surface area contributed by atoms with Gasteiger partial charge in [0.15, 0.2) is 19.4 Å². The molecule has 0 bridgehead atoms. The van der Waals surface area contributed by atoms with Crippen LogP contribution in [0.1, 0.15) is 44.4 Å². The van der Waals surface area contributed by atoms with Crippen molar-refractivity contribution >= 4 is 61.7 Å².